The van der Waals surface area contributed by atoms with Gasteiger partial charge in [0.1, 0.15) is 18.7 Å². The number of carbonyl (C=O) groups is 4. The van der Waals surface area contributed by atoms with Gasteiger partial charge < -0.3 is 35.5 Å². The first-order chi connectivity index (χ1) is 23.7. The number of alkyl carbamates (subject to hydrolysis) is 1. The van der Waals surface area contributed by atoms with Crippen LogP contribution in [0, 0.1) is 5.92 Å². The fourth-order valence-electron chi connectivity index (χ4n) is 5.56. The van der Waals surface area contributed by atoms with Gasteiger partial charge in [0.15, 0.2) is 0 Å². The zero-order valence-electron chi connectivity index (χ0n) is 28.1. The normalized spacial score (nSPS) is 14.1. The molecule has 0 spiro atoms. The predicted molar refractivity (Wildman–Crippen MR) is 184 cm³/mol. The van der Waals surface area contributed by atoms with Crippen LogP contribution in [0.1, 0.15) is 50.4 Å². The first-order valence-electron chi connectivity index (χ1n) is 16.5. The molecule has 5 N–H and O–H groups in total. The number of nitrogens with zero attached hydrogens (tertiary/aromatic N) is 1. The summed E-state index contributed by atoms with van der Waals surface area (Å²) in [7, 11) is 0. The summed E-state index contributed by atoms with van der Waals surface area (Å²) in [4.78, 5) is 60.2. The van der Waals surface area contributed by atoms with Crippen molar-refractivity contribution in [3.05, 3.63) is 102 Å². The van der Waals surface area contributed by atoms with Crippen LogP contribution < -0.4 is 16.0 Å². The maximum absolute atomic E-state index is 14.1. The van der Waals surface area contributed by atoms with E-state index < -0.39 is 48.1 Å². The molecular formula is C37H45N5O7. The highest BCUT2D eigenvalue weighted by Crippen LogP contribution is 2.20. The summed E-state index contributed by atoms with van der Waals surface area (Å²) in [5, 5.41) is 21.3. The lowest BCUT2D eigenvalue weighted by Crippen LogP contribution is -2.58. The molecule has 4 rings (SSSR count). The molecule has 1 unspecified atom stereocenters. The largest absolute Gasteiger partial charge is 0.466 e. The number of aliphatic hydroxyl groups excluding tert-OH is 1. The van der Waals surface area contributed by atoms with Crippen LogP contribution in [-0.4, -0.2) is 69.8 Å². The Kier molecular flexibility index (Phi) is 13.7. The van der Waals surface area contributed by atoms with E-state index in [4.69, 9.17) is 9.47 Å². The lowest BCUT2D eigenvalue weighted by molar-refractivity contribution is -0.146. The first kappa shape index (κ1) is 36.6. The molecule has 4 aromatic rings. The van der Waals surface area contributed by atoms with Gasteiger partial charge in [-0.05, 0) is 34.7 Å². The Hall–Kier alpha value is -5.23. The molecule has 3 amide bonds. The highest BCUT2D eigenvalue weighted by molar-refractivity contribution is 5.93. The molecule has 1 heterocycles. The van der Waals surface area contributed by atoms with Crippen molar-refractivity contribution < 1.29 is 33.8 Å². The van der Waals surface area contributed by atoms with E-state index in [0.717, 1.165) is 21.9 Å². The van der Waals surface area contributed by atoms with Gasteiger partial charge in [-0.15, -0.1) is 0 Å². The van der Waals surface area contributed by atoms with Gasteiger partial charge >= 0.3 is 12.1 Å². The lowest BCUT2D eigenvalue weighted by Gasteiger charge is -2.31. The number of H-pyrrole nitrogens is 1. The molecule has 49 heavy (non-hydrogen) atoms. The summed E-state index contributed by atoms with van der Waals surface area (Å²) in [6.45, 7) is 5.60. The van der Waals surface area contributed by atoms with E-state index in [2.05, 4.69) is 25.9 Å². The highest BCUT2D eigenvalue weighted by atomic mass is 16.5. The molecule has 1 aromatic heterocycles. The van der Waals surface area contributed by atoms with Gasteiger partial charge in [-0.1, -0.05) is 93.1 Å². The molecule has 0 radical (unpaired) electrons. The van der Waals surface area contributed by atoms with Crippen molar-refractivity contribution in [3.63, 3.8) is 0 Å². The van der Waals surface area contributed by atoms with Crippen molar-refractivity contribution in [2.45, 2.75) is 77.3 Å². The Morgan fingerprint density at radius 2 is 1.53 bits per heavy atom. The van der Waals surface area contributed by atoms with Crippen LogP contribution in [-0.2, 0) is 43.3 Å². The van der Waals surface area contributed by atoms with Crippen LogP contribution in [0.3, 0.4) is 0 Å². The predicted octanol–water partition coefficient (Wildman–Crippen LogP) is 3.97. The highest BCUT2D eigenvalue weighted by Gasteiger charge is 2.33. The van der Waals surface area contributed by atoms with Crippen molar-refractivity contribution in [3.8, 4) is 0 Å². The molecule has 0 aliphatic carbocycles. The number of benzene rings is 3. The third-order valence-corrected chi connectivity index (χ3v) is 8.40. The molecule has 5 atom stereocenters. The lowest BCUT2D eigenvalue weighted by atomic mass is 9.92. The standard InChI is InChI=1S/C37H45N5O7/c1-4-24(3)34(32(43)20-33(44)48-5-2)42-36(46)31(19-28-21-38-23-39-28)40-35(45)30(41-37(47)49-22-25-12-7-6-8-13-25)18-27-16-11-15-26-14-9-10-17-29(26)27/h6-17,21,23-24,30-32,34,43H,4-5,18-20,22H2,1-3H3,(H,38,39)(H,40,45)(H,41,47)(H,42,46)/t24?,30-,31+,32-,34-/m0/s1. The number of hydrogen-bond donors (Lipinski definition) is 5. The van der Waals surface area contributed by atoms with Crippen LogP contribution in [0.25, 0.3) is 10.8 Å². The third kappa shape index (κ3) is 10.9. The molecule has 260 valence electrons. The molecule has 0 saturated heterocycles. The van der Waals surface area contributed by atoms with E-state index >= 15 is 0 Å². The van der Waals surface area contributed by atoms with Crippen molar-refractivity contribution in [1.29, 1.82) is 0 Å². The topological polar surface area (TPSA) is 172 Å². The Labute approximate surface area is 286 Å². The molecule has 0 aliphatic rings. The fraction of sp³-hybridized carbons (Fsp3) is 0.378. The number of carbonyl (C=O) groups excluding carboxylic acids is 4. The second-order valence-electron chi connectivity index (χ2n) is 11.9. The molecule has 0 bridgehead atoms. The molecule has 0 aliphatic heterocycles. The second-order valence-corrected chi connectivity index (χ2v) is 11.9. The molecule has 12 heteroatoms. The summed E-state index contributed by atoms with van der Waals surface area (Å²) < 4.78 is 10.5. The number of aliphatic hydroxyl groups is 1. The molecule has 12 nitrogen and oxygen atoms in total. The number of aromatic nitrogens is 2. The number of amides is 3. The Morgan fingerprint density at radius 1 is 0.837 bits per heavy atom. The van der Waals surface area contributed by atoms with Gasteiger partial charge in [-0.3, -0.25) is 14.4 Å². The van der Waals surface area contributed by atoms with E-state index in [9.17, 15) is 24.3 Å². The fourth-order valence-corrected chi connectivity index (χ4v) is 5.56. The van der Waals surface area contributed by atoms with Crippen molar-refractivity contribution in [2.75, 3.05) is 6.61 Å². The average Bonchev–Trinajstić information content (AvgIpc) is 3.62. The van der Waals surface area contributed by atoms with Crippen LogP contribution >= 0.6 is 0 Å². The van der Waals surface area contributed by atoms with E-state index in [0.29, 0.717) is 12.1 Å². The van der Waals surface area contributed by atoms with Crippen LogP contribution in [0.2, 0.25) is 0 Å². The van der Waals surface area contributed by atoms with Crippen LogP contribution in [0.15, 0.2) is 85.3 Å². The number of imidazole rings is 1. The third-order valence-electron chi connectivity index (χ3n) is 8.40. The second kappa shape index (κ2) is 18.3. The van der Waals surface area contributed by atoms with Gasteiger partial charge in [0.25, 0.3) is 0 Å². The SMILES string of the molecule is CCOC(=O)C[C@H](O)[C@@H](NC(=O)[C@@H](Cc1cnc[nH]1)NC(=O)[C@H](Cc1cccc2ccccc12)NC(=O)OCc1ccccc1)C(C)CC. The first-order valence-corrected chi connectivity index (χ1v) is 16.5. The van der Waals surface area contributed by atoms with Crippen LogP contribution in [0.5, 0.6) is 0 Å². The maximum atomic E-state index is 14.1. The summed E-state index contributed by atoms with van der Waals surface area (Å²) in [5.41, 5.74) is 2.17. The van der Waals surface area contributed by atoms with Crippen molar-refractivity contribution in [2.24, 2.45) is 5.92 Å². The maximum Gasteiger partial charge on any atom is 0.408 e. The molecular weight excluding hydrogens is 626 g/mol. The van der Waals surface area contributed by atoms with Crippen LogP contribution in [0.4, 0.5) is 4.79 Å². The van der Waals surface area contributed by atoms with E-state index in [-0.39, 0.29) is 38.4 Å². The van der Waals surface area contributed by atoms with Gasteiger partial charge in [0.05, 0.1) is 31.5 Å². The average molecular weight is 672 g/mol. The number of rotatable bonds is 17. The van der Waals surface area contributed by atoms with E-state index in [1.54, 1.807) is 13.1 Å². The summed E-state index contributed by atoms with van der Waals surface area (Å²) in [6, 6.07) is 19.6. The minimum Gasteiger partial charge on any atom is -0.466 e. The number of aromatic amines is 1. The molecule has 0 fully saturated rings. The number of hydrogen-bond acceptors (Lipinski definition) is 8. The van der Waals surface area contributed by atoms with E-state index in [1.165, 1.54) is 6.33 Å². The minimum atomic E-state index is -1.22. The molecule has 3 aromatic carbocycles. The zero-order chi connectivity index (χ0) is 35.2. The number of fused-ring (bicyclic) bond motifs is 1. The van der Waals surface area contributed by atoms with E-state index in [1.807, 2.05) is 86.6 Å². The van der Waals surface area contributed by atoms with Gasteiger partial charge in [-0.2, -0.15) is 0 Å². The smallest absolute Gasteiger partial charge is 0.408 e. The van der Waals surface area contributed by atoms with Gasteiger partial charge in [-0.25, -0.2) is 9.78 Å². The Balaban J connectivity index is 1.58. The van der Waals surface area contributed by atoms with Gasteiger partial charge in [0.2, 0.25) is 11.8 Å². The minimum absolute atomic E-state index is 0.00522. The van der Waals surface area contributed by atoms with Gasteiger partial charge in [0, 0.05) is 24.7 Å². The zero-order valence-corrected chi connectivity index (χ0v) is 28.1. The molecule has 0 saturated carbocycles. The number of ether oxygens (including phenoxy) is 2. The monoisotopic (exact) mass is 671 g/mol. The summed E-state index contributed by atoms with van der Waals surface area (Å²) >= 11 is 0. The van der Waals surface area contributed by atoms with Crippen molar-refractivity contribution in [1.82, 2.24) is 25.9 Å². The summed E-state index contributed by atoms with van der Waals surface area (Å²) in [5.74, 6) is -1.98. The summed E-state index contributed by atoms with van der Waals surface area (Å²) in [6.07, 6.45) is 1.44. The Bertz CT molecular complexity index is 1660. The number of nitrogens with one attached hydrogen (secondary N) is 4. The quantitative estimate of drug-likeness (QED) is 0.105. The Morgan fingerprint density at radius 3 is 2.24 bits per heavy atom. The van der Waals surface area contributed by atoms with Crippen molar-refractivity contribution >= 4 is 34.6 Å². The number of esters is 1.